The summed E-state index contributed by atoms with van der Waals surface area (Å²) in [4.78, 5) is 11.2. The molecule has 3 N–H and O–H groups in total. The Morgan fingerprint density at radius 1 is 1.33 bits per heavy atom. The number of anilines is 1. The smallest absolute Gasteiger partial charge is 0.225 e. The van der Waals surface area contributed by atoms with Crippen LogP contribution in [0.3, 0.4) is 0 Å². The number of nitrogens with two attached hydrogens (primary N) is 1. The monoisotopic (exact) mass is 206 g/mol. The van der Waals surface area contributed by atoms with Gasteiger partial charge >= 0.3 is 0 Å². The van der Waals surface area contributed by atoms with Gasteiger partial charge in [0, 0.05) is 18.7 Å². The molecule has 1 aromatic rings. The summed E-state index contributed by atoms with van der Waals surface area (Å²) < 4.78 is 0. The quantitative estimate of drug-likeness (QED) is 0.792. The van der Waals surface area contributed by atoms with Crippen molar-refractivity contribution in [2.75, 3.05) is 11.9 Å². The summed E-state index contributed by atoms with van der Waals surface area (Å²) in [6.07, 6.45) is 0.367. The van der Waals surface area contributed by atoms with Crippen molar-refractivity contribution in [3.05, 3.63) is 29.8 Å². The number of hydrogen-bond acceptors (Lipinski definition) is 2. The molecule has 0 saturated carbocycles. The van der Waals surface area contributed by atoms with Gasteiger partial charge < -0.3 is 11.1 Å². The Labute approximate surface area is 90.7 Å². The molecular formula is C12H18N2O. The molecule has 0 radical (unpaired) electrons. The maximum atomic E-state index is 11.2. The van der Waals surface area contributed by atoms with Crippen LogP contribution in [0.25, 0.3) is 0 Å². The molecule has 1 aromatic carbocycles. The van der Waals surface area contributed by atoms with Gasteiger partial charge in [0.2, 0.25) is 5.91 Å². The van der Waals surface area contributed by atoms with Gasteiger partial charge in [0.1, 0.15) is 0 Å². The van der Waals surface area contributed by atoms with Crippen LogP contribution in [-0.4, -0.2) is 12.5 Å². The van der Waals surface area contributed by atoms with Crippen molar-refractivity contribution in [2.45, 2.75) is 26.2 Å². The van der Waals surface area contributed by atoms with Crippen LogP contribution in [0.1, 0.15) is 31.7 Å². The van der Waals surface area contributed by atoms with E-state index in [0.29, 0.717) is 18.9 Å². The lowest BCUT2D eigenvalue weighted by Crippen LogP contribution is -2.16. The third-order valence-corrected chi connectivity index (χ3v) is 2.23. The summed E-state index contributed by atoms with van der Waals surface area (Å²) in [5.74, 6) is 0.480. The summed E-state index contributed by atoms with van der Waals surface area (Å²) in [5, 5.41) is 2.79. The van der Waals surface area contributed by atoms with Gasteiger partial charge in [0.15, 0.2) is 0 Å². The predicted molar refractivity (Wildman–Crippen MR) is 62.8 cm³/mol. The number of carbonyl (C=O) groups excluding carboxylic acids is 1. The largest absolute Gasteiger partial charge is 0.330 e. The molecule has 3 nitrogen and oxygen atoms in total. The fourth-order valence-electron chi connectivity index (χ4n) is 1.31. The minimum atomic E-state index is -0.0326. The Hall–Kier alpha value is -1.35. The SMILES string of the molecule is CC(C)c1ccc(NC(=O)CCN)cc1. The molecule has 1 rings (SSSR count). The van der Waals surface area contributed by atoms with Crippen molar-refractivity contribution >= 4 is 11.6 Å². The molecule has 0 bridgehead atoms. The fraction of sp³-hybridized carbons (Fsp3) is 0.417. The zero-order valence-electron chi connectivity index (χ0n) is 9.29. The highest BCUT2D eigenvalue weighted by molar-refractivity contribution is 5.90. The maximum absolute atomic E-state index is 11.2. The van der Waals surface area contributed by atoms with Crippen LogP contribution in [-0.2, 0) is 4.79 Å². The van der Waals surface area contributed by atoms with Gasteiger partial charge in [-0.3, -0.25) is 4.79 Å². The van der Waals surface area contributed by atoms with E-state index >= 15 is 0 Å². The van der Waals surface area contributed by atoms with E-state index in [1.807, 2.05) is 24.3 Å². The van der Waals surface area contributed by atoms with Crippen LogP contribution >= 0.6 is 0 Å². The van der Waals surface area contributed by atoms with E-state index in [1.54, 1.807) is 0 Å². The molecule has 0 spiro atoms. The second-order valence-corrected chi connectivity index (χ2v) is 3.86. The second-order valence-electron chi connectivity index (χ2n) is 3.86. The molecule has 0 unspecified atom stereocenters. The molecule has 0 atom stereocenters. The first kappa shape index (κ1) is 11.7. The number of rotatable bonds is 4. The minimum absolute atomic E-state index is 0.0326. The van der Waals surface area contributed by atoms with Crippen LogP contribution in [0.15, 0.2) is 24.3 Å². The van der Waals surface area contributed by atoms with Crippen LogP contribution in [0.2, 0.25) is 0 Å². The van der Waals surface area contributed by atoms with Crippen LogP contribution in [0.4, 0.5) is 5.69 Å². The average molecular weight is 206 g/mol. The lowest BCUT2D eigenvalue weighted by atomic mass is 10.0. The Morgan fingerprint density at radius 2 is 1.93 bits per heavy atom. The van der Waals surface area contributed by atoms with Gasteiger partial charge in [0.25, 0.3) is 0 Å². The van der Waals surface area contributed by atoms with Crippen LogP contribution in [0.5, 0.6) is 0 Å². The first-order chi connectivity index (χ1) is 7.13. The van der Waals surface area contributed by atoms with Gasteiger partial charge in [-0.05, 0) is 23.6 Å². The van der Waals surface area contributed by atoms with Gasteiger partial charge in [-0.15, -0.1) is 0 Å². The van der Waals surface area contributed by atoms with Gasteiger partial charge in [0.05, 0.1) is 0 Å². The molecule has 0 aliphatic rings. The highest BCUT2D eigenvalue weighted by Gasteiger charge is 2.02. The summed E-state index contributed by atoms with van der Waals surface area (Å²) >= 11 is 0. The van der Waals surface area contributed by atoms with Crippen molar-refractivity contribution in [3.8, 4) is 0 Å². The number of amides is 1. The van der Waals surface area contributed by atoms with Crippen molar-refractivity contribution < 1.29 is 4.79 Å². The Bertz CT molecular complexity index is 317. The first-order valence-electron chi connectivity index (χ1n) is 5.23. The molecule has 0 saturated heterocycles. The van der Waals surface area contributed by atoms with Gasteiger partial charge in [-0.1, -0.05) is 26.0 Å². The van der Waals surface area contributed by atoms with E-state index in [4.69, 9.17) is 5.73 Å². The predicted octanol–water partition coefficient (Wildman–Crippen LogP) is 2.10. The molecule has 82 valence electrons. The molecule has 0 aliphatic heterocycles. The average Bonchev–Trinajstić information content (AvgIpc) is 2.18. The Balaban J connectivity index is 2.60. The van der Waals surface area contributed by atoms with E-state index in [2.05, 4.69) is 19.2 Å². The zero-order chi connectivity index (χ0) is 11.3. The highest BCUT2D eigenvalue weighted by Crippen LogP contribution is 2.17. The highest BCUT2D eigenvalue weighted by atomic mass is 16.1. The molecule has 3 heteroatoms. The third kappa shape index (κ3) is 3.72. The summed E-state index contributed by atoms with van der Waals surface area (Å²) in [6, 6.07) is 7.90. The summed E-state index contributed by atoms with van der Waals surface area (Å²) in [5.41, 5.74) is 7.39. The number of hydrogen-bond donors (Lipinski definition) is 2. The molecule has 0 aliphatic carbocycles. The zero-order valence-corrected chi connectivity index (χ0v) is 9.29. The maximum Gasteiger partial charge on any atom is 0.225 e. The summed E-state index contributed by atoms with van der Waals surface area (Å²) in [6.45, 7) is 4.67. The number of carbonyl (C=O) groups is 1. The topological polar surface area (TPSA) is 55.1 Å². The van der Waals surface area contributed by atoms with E-state index < -0.39 is 0 Å². The van der Waals surface area contributed by atoms with E-state index in [9.17, 15) is 4.79 Å². The van der Waals surface area contributed by atoms with E-state index in [1.165, 1.54) is 5.56 Å². The van der Waals surface area contributed by atoms with E-state index in [0.717, 1.165) is 5.69 Å². The summed E-state index contributed by atoms with van der Waals surface area (Å²) in [7, 11) is 0. The first-order valence-corrected chi connectivity index (χ1v) is 5.23. The molecule has 0 fully saturated rings. The fourth-order valence-corrected chi connectivity index (χ4v) is 1.31. The normalized spacial score (nSPS) is 10.4. The lowest BCUT2D eigenvalue weighted by Gasteiger charge is -2.07. The Kier molecular flexibility index (Phi) is 4.31. The van der Waals surface area contributed by atoms with E-state index in [-0.39, 0.29) is 5.91 Å². The minimum Gasteiger partial charge on any atom is -0.330 e. The van der Waals surface area contributed by atoms with Crippen molar-refractivity contribution in [1.82, 2.24) is 0 Å². The van der Waals surface area contributed by atoms with Crippen LogP contribution in [0, 0.1) is 0 Å². The van der Waals surface area contributed by atoms with Crippen molar-refractivity contribution in [3.63, 3.8) is 0 Å². The number of nitrogens with one attached hydrogen (secondary N) is 1. The second kappa shape index (κ2) is 5.51. The standard InChI is InChI=1S/C12H18N2O/c1-9(2)10-3-5-11(6-4-10)14-12(15)7-8-13/h3-6,9H,7-8,13H2,1-2H3,(H,14,15). The lowest BCUT2D eigenvalue weighted by molar-refractivity contribution is -0.116. The van der Waals surface area contributed by atoms with Crippen molar-refractivity contribution in [1.29, 1.82) is 0 Å². The number of benzene rings is 1. The molecular weight excluding hydrogens is 188 g/mol. The molecule has 15 heavy (non-hydrogen) atoms. The third-order valence-electron chi connectivity index (χ3n) is 2.23. The van der Waals surface area contributed by atoms with Gasteiger partial charge in [-0.25, -0.2) is 0 Å². The molecule has 0 aromatic heterocycles. The Morgan fingerprint density at radius 3 is 2.40 bits per heavy atom. The van der Waals surface area contributed by atoms with Crippen LogP contribution < -0.4 is 11.1 Å². The van der Waals surface area contributed by atoms with Crippen molar-refractivity contribution in [2.24, 2.45) is 5.73 Å². The molecule has 0 heterocycles. The molecule has 1 amide bonds. The van der Waals surface area contributed by atoms with Gasteiger partial charge in [-0.2, -0.15) is 0 Å².